The van der Waals surface area contributed by atoms with Crippen molar-refractivity contribution >= 4 is 10.1 Å². The predicted octanol–water partition coefficient (Wildman–Crippen LogP) is 3.69. The summed E-state index contributed by atoms with van der Waals surface area (Å²) in [6.07, 6.45) is 5.25. The highest BCUT2D eigenvalue weighted by molar-refractivity contribution is 7.86. The molecule has 4 nitrogen and oxygen atoms in total. The molecule has 0 atom stereocenters. The third kappa shape index (κ3) is 5.07. The van der Waals surface area contributed by atoms with Crippen molar-refractivity contribution in [3.8, 4) is 0 Å². The zero-order valence-corrected chi connectivity index (χ0v) is 14.3. The number of unbranched alkanes of at least 4 members (excludes halogenated alkanes) is 3. The van der Waals surface area contributed by atoms with Crippen molar-refractivity contribution in [1.29, 1.82) is 0 Å². The van der Waals surface area contributed by atoms with Crippen molar-refractivity contribution in [2.75, 3.05) is 19.8 Å². The number of benzene rings is 1. The molecule has 0 bridgehead atoms. The van der Waals surface area contributed by atoms with Gasteiger partial charge in [0.15, 0.2) is 0 Å². The molecule has 0 radical (unpaired) electrons. The number of hydrogen-bond donors (Lipinski definition) is 0. The molecule has 1 fully saturated rings. The van der Waals surface area contributed by atoms with Gasteiger partial charge in [-0.25, -0.2) is 0 Å². The highest BCUT2D eigenvalue weighted by Gasteiger charge is 2.32. The first-order valence-electron chi connectivity index (χ1n) is 7.95. The van der Waals surface area contributed by atoms with Crippen LogP contribution in [0.4, 0.5) is 0 Å². The van der Waals surface area contributed by atoms with Crippen LogP contribution >= 0.6 is 0 Å². The van der Waals surface area contributed by atoms with Gasteiger partial charge in [-0.2, -0.15) is 8.42 Å². The Hall–Kier alpha value is -0.910. The molecule has 1 saturated heterocycles. The number of rotatable bonds is 9. The first-order chi connectivity index (χ1) is 10.4. The van der Waals surface area contributed by atoms with Gasteiger partial charge in [0.1, 0.15) is 0 Å². The second kappa shape index (κ2) is 7.57. The maximum absolute atomic E-state index is 12.0. The van der Waals surface area contributed by atoms with Gasteiger partial charge in [-0.3, -0.25) is 4.18 Å². The van der Waals surface area contributed by atoms with Crippen LogP contribution in [0.1, 0.15) is 44.6 Å². The van der Waals surface area contributed by atoms with Gasteiger partial charge in [-0.05, 0) is 31.9 Å². The minimum atomic E-state index is -3.60. The number of ether oxygens (including phenoxy) is 1. The molecule has 0 spiro atoms. The zero-order valence-electron chi connectivity index (χ0n) is 13.5. The van der Waals surface area contributed by atoms with Crippen LogP contribution in [-0.4, -0.2) is 28.2 Å². The average Bonchev–Trinajstić information content (AvgIpc) is 2.45. The number of aryl methyl sites for hydroxylation is 1. The summed E-state index contributed by atoms with van der Waals surface area (Å²) in [4.78, 5) is 0.232. The minimum absolute atomic E-state index is 0.232. The SMILES string of the molecule is Cc1ccc(S(=O)(=O)OCCCCCCC2(C)COC2)cc1. The molecule has 5 heteroatoms. The van der Waals surface area contributed by atoms with Crippen molar-refractivity contribution in [3.05, 3.63) is 29.8 Å². The standard InChI is InChI=1S/C17H26O4S/c1-15-7-9-16(10-8-15)22(18,19)21-12-6-4-3-5-11-17(2)13-20-14-17/h7-10H,3-6,11-14H2,1-2H3. The summed E-state index contributed by atoms with van der Waals surface area (Å²) < 4.78 is 34.3. The molecule has 22 heavy (non-hydrogen) atoms. The van der Waals surface area contributed by atoms with Crippen LogP contribution in [-0.2, 0) is 19.0 Å². The van der Waals surface area contributed by atoms with E-state index in [-0.39, 0.29) is 11.5 Å². The van der Waals surface area contributed by atoms with Crippen molar-refractivity contribution in [1.82, 2.24) is 0 Å². The summed E-state index contributed by atoms with van der Waals surface area (Å²) in [5, 5.41) is 0. The van der Waals surface area contributed by atoms with Gasteiger partial charge in [0.05, 0.1) is 24.7 Å². The van der Waals surface area contributed by atoms with Crippen LogP contribution < -0.4 is 0 Å². The molecule has 2 rings (SSSR count). The summed E-state index contributed by atoms with van der Waals surface area (Å²) in [5.41, 5.74) is 1.41. The predicted molar refractivity (Wildman–Crippen MR) is 86.3 cm³/mol. The summed E-state index contributed by atoms with van der Waals surface area (Å²) in [6, 6.07) is 6.74. The zero-order chi connectivity index (χ0) is 16.1. The van der Waals surface area contributed by atoms with E-state index in [9.17, 15) is 8.42 Å². The molecule has 0 N–H and O–H groups in total. The fourth-order valence-electron chi connectivity index (χ4n) is 2.54. The normalized spacial score (nSPS) is 17.2. The Morgan fingerprint density at radius 2 is 1.73 bits per heavy atom. The Bertz CT molecular complexity index is 559. The smallest absolute Gasteiger partial charge is 0.296 e. The molecule has 0 saturated carbocycles. The molecule has 1 aromatic rings. The van der Waals surface area contributed by atoms with Crippen molar-refractivity contribution in [3.63, 3.8) is 0 Å². The maximum Gasteiger partial charge on any atom is 0.296 e. The van der Waals surface area contributed by atoms with Crippen molar-refractivity contribution < 1.29 is 17.3 Å². The van der Waals surface area contributed by atoms with Gasteiger partial charge in [-0.1, -0.05) is 43.9 Å². The Kier molecular flexibility index (Phi) is 6.01. The second-order valence-electron chi connectivity index (χ2n) is 6.56. The molecule has 0 unspecified atom stereocenters. The first kappa shape index (κ1) is 17.4. The van der Waals surface area contributed by atoms with Crippen LogP contribution in [0.5, 0.6) is 0 Å². The van der Waals surface area contributed by atoms with Gasteiger partial charge in [0, 0.05) is 5.41 Å². The molecular formula is C17H26O4S. The van der Waals surface area contributed by atoms with Crippen molar-refractivity contribution in [2.45, 2.75) is 50.8 Å². The Morgan fingerprint density at radius 3 is 2.32 bits per heavy atom. The van der Waals surface area contributed by atoms with Crippen LogP contribution in [0.3, 0.4) is 0 Å². The third-order valence-electron chi connectivity index (χ3n) is 4.12. The fourth-order valence-corrected chi connectivity index (χ4v) is 3.49. The monoisotopic (exact) mass is 326 g/mol. The molecule has 124 valence electrons. The Balaban J connectivity index is 1.60. The molecule has 1 aliphatic rings. The molecule has 1 aliphatic heterocycles. The van der Waals surface area contributed by atoms with E-state index in [0.717, 1.165) is 38.0 Å². The molecule has 0 aromatic heterocycles. The minimum Gasteiger partial charge on any atom is -0.380 e. The van der Waals surface area contributed by atoms with E-state index in [0.29, 0.717) is 5.41 Å². The van der Waals surface area contributed by atoms with E-state index in [1.165, 1.54) is 12.8 Å². The Labute approximate surface area is 134 Å². The van der Waals surface area contributed by atoms with Crippen LogP contribution in [0.15, 0.2) is 29.2 Å². The average molecular weight is 326 g/mol. The van der Waals surface area contributed by atoms with E-state index >= 15 is 0 Å². The fraction of sp³-hybridized carbons (Fsp3) is 0.647. The van der Waals surface area contributed by atoms with E-state index in [4.69, 9.17) is 8.92 Å². The lowest BCUT2D eigenvalue weighted by Crippen LogP contribution is -2.39. The van der Waals surface area contributed by atoms with Crippen LogP contribution in [0.2, 0.25) is 0 Å². The summed E-state index contributed by atoms with van der Waals surface area (Å²) in [5.74, 6) is 0. The number of hydrogen-bond acceptors (Lipinski definition) is 4. The van der Waals surface area contributed by atoms with Crippen LogP contribution in [0.25, 0.3) is 0 Å². The second-order valence-corrected chi connectivity index (χ2v) is 8.17. The molecule has 1 heterocycles. The van der Waals surface area contributed by atoms with E-state index in [1.54, 1.807) is 24.3 Å². The van der Waals surface area contributed by atoms with Gasteiger partial charge in [0.25, 0.3) is 10.1 Å². The molecular weight excluding hydrogens is 300 g/mol. The van der Waals surface area contributed by atoms with Gasteiger partial charge >= 0.3 is 0 Å². The van der Waals surface area contributed by atoms with Crippen molar-refractivity contribution in [2.24, 2.45) is 5.41 Å². The molecule has 0 aliphatic carbocycles. The summed E-state index contributed by atoms with van der Waals surface area (Å²) >= 11 is 0. The lowest BCUT2D eigenvalue weighted by atomic mass is 9.83. The van der Waals surface area contributed by atoms with E-state index < -0.39 is 10.1 Å². The lowest BCUT2D eigenvalue weighted by Gasteiger charge is -2.38. The van der Waals surface area contributed by atoms with E-state index in [2.05, 4.69) is 6.92 Å². The van der Waals surface area contributed by atoms with Gasteiger partial charge in [-0.15, -0.1) is 0 Å². The summed E-state index contributed by atoms with van der Waals surface area (Å²) in [7, 11) is -3.60. The molecule has 0 amide bonds. The lowest BCUT2D eigenvalue weighted by molar-refractivity contribution is -0.106. The first-order valence-corrected chi connectivity index (χ1v) is 9.36. The van der Waals surface area contributed by atoms with Crippen LogP contribution in [0, 0.1) is 12.3 Å². The van der Waals surface area contributed by atoms with E-state index in [1.807, 2.05) is 6.92 Å². The third-order valence-corrected chi connectivity index (χ3v) is 5.45. The van der Waals surface area contributed by atoms with Gasteiger partial charge < -0.3 is 4.74 Å². The quantitative estimate of drug-likeness (QED) is 0.513. The molecule has 1 aromatic carbocycles. The Morgan fingerprint density at radius 1 is 1.09 bits per heavy atom. The highest BCUT2D eigenvalue weighted by Crippen LogP contribution is 2.32. The summed E-state index contributed by atoms with van der Waals surface area (Å²) in [6.45, 7) is 6.20. The topological polar surface area (TPSA) is 52.6 Å². The maximum atomic E-state index is 12.0. The van der Waals surface area contributed by atoms with Gasteiger partial charge in [0.2, 0.25) is 0 Å². The largest absolute Gasteiger partial charge is 0.380 e. The highest BCUT2D eigenvalue weighted by atomic mass is 32.2.